The molecule has 2 N–H and O–H groups in total. The first kappa shape index (κ1) is 18.9. The van der Waals surface area contributed by atoms with Crippen molar-refractivity contribution in [3.63, 3.8) is 0 Å². The Kier molecular flexibility index (Phi) is 5.57. The van der Waals surface area contributed by atoms with Crippen LogP contribution in [0.2, 0.25) is 0 Å². The number of benzene rings is 1. The van der Waals surface area contributed by atoms with Crippen LogP contribution in [0.1, 0.15) is 41.7 Å². The summed E-state index contributed by atoms with van der Waals surface area (Å²) < 4.78 is 0. The smallest absolute Gasteiger partial charge is 0.254 e. The summed E-state index contributed by atoms with van der Waals surface area (Å²) >= 11 is 0. The molecule has 2 saturated heterocycles. The highest BCUT2D eigenvalue weighted by Crippen LogP contribution is 2.23. The van der Waals surface area contributed by atoms with Crippen LogP contribution in [0.5, 0.6) is 0 Å². The van der Waals surface area contributed by atoms with E-state index >= 15 is 0 Å². The molecule has 0 radical (unpaired) electrons. The molecule has 3 heterocycles. The maximum Gasteiger partial charge on any atom is 0.254 e. The van der Waals surface area contributed by atoms with Crippen LogP contribution in [-0.4, -0.2) is 53.9 Å². The lowest BCUT2D eigenvalue weighted by molar-refractivity contribution is -0.123. The summed E-state index contributed by atoms with van der Waals surface area (Å²) in [6, 6.07) is 9.65. The number of nitrogens with one attached hydrogen (secondary N) is 2. The molecule has 148 valence electrons. The molecule has 0 bridgehead atoms. The molecule has 0 saturated carbocycles. The van der Waals surface area contributed by atoms with Crippen LogP contribution in [0.4, 0.5) is 0 Å². The molecule has 2 fully saturated rings. The lowest BCUT2D eigenvalue weighted by atomic mass is 9.96. The van der Waals surface area contributed by atoms with Gasteiger partial charge in [-0.3, -0.25) is 14.6 Å². The van der Waals surface area contributed by atoms with E-state index in [1.807, 2.05) is 42.2 Å². The fourth-order valence-electron chi connectivity index (χ4n) is 4.35. The zero-order chi connectivity index (χ0) is 19.5. The van der Waals surface area contributed by atoms with Gasteiger partial charge in [0.15, 0.2) is 0 Å². The maximum atomic E-state index is 13.3. The molecule has 2 aliphatic heterocycles. The summed E-state index contributed by atoms with van der Waals surface area (Å²) in [5.41, 5.74) is 2.44. The van der Waals surface area contributed by atoms with Crippen molar-refractivity contribution in [3.8, 4) is 0 Å². The lowest BCUT2D eigenvalue weighted by Gasteiger charge is -2.33. The third-order valence-electron chi connectivity index (χ3n) is 5.82. The number of pyridine rings is 1. The van der Waals surface area contributed by atoms with Crippen LogP contribution in [0.3, 0.4) is 0 Å². The van der Waals surface area contributed by atoms with E-state index in [0.717, 1.165) is 60.9 Å². The lowest BCUT2D eigenvalue weighted by Crippen LogP contribution is -2.46. The van der Waals surface area contributed by atoms with Gasteiger partial charge in [-0.1, -0.05) is 18.2 Å². The zero-order valence-electron chi connectivity index (χ0n) is 16.4. The topological polar surface area (TPSA) is 74.3 Å². The minimum atomic E-state index is -0.0486. The first-order chi connectivity index (χ1) is 13.6. The summed E-state index contributed by atoms with van der Waals surface area (Å²) in [5.74, 6) is 0.462. The second-order valence-corrected chi connectivity index (χ2v) is 7.98. The van der Waals surface area contributed by atoms with Gasteiger partial charge in [0.05, 0.1) is 17.1 Å². The minimum absolute atomic E-state index is 0.0486. The van der Waals surface area contributed by atoms with Crippen LogP contribution < -0.4 is 10.6 Å². The van der Waals surface area contributed by atoms with E-state index in [4.69, 9.17) is 0 Å². The Morgan fingerprint density at radius 1 is 1.25 bits per heavy atom. The largest absolute Gasteiger partial charge is 0.354 e. The molecule has 6 heteroatoms. The number of hydrogen-bond acceptors (Lipinski definition) is 4. The van der Waals surface area contributed by atoms with E-state index in [1.54, 1.807) is 0 Å². The number of amides is 2. The van der Waals surface area contributed by atoms with Crippen LogP contribution in [0.15, 0.2) is 30.3 Å². The van der Waals surface area contributed by atoms with Gasteiger partial charge in [0.2, 0.25) is 5.91 Å². The summed E-state index contributed by atoms with van der Waals surface area (Å²) in [7, 11) is 0. The number of aromatic nitrogens is 1. The Hall–Kier alpha value is -2.47. The SMILES string of the molecule is Cc1cc(C(=O)N2CCCC(CNC(=O)C3CCCN3)C2)c2ccccc2n1. The third kappa shape index (κ3) is 4.02. The molecule has 0 spiro atoms. The normalized spacial score (nSPS) is 22.4. The Morgan fingerprint density at radius 2 is 2.11 bits per heavy atom. The molecule has 28 heavy (non-hydrogen) atoms. The van der Waals surface area contributed by atoms with Crippen LogP contribution in [-0.2, 0) is 4.79 Å². The molecule has 6 nitrogen and oxygen atoms in total. The third-order valence-corrected chi connectivity index (χ3v) is 5.82. The molecule has 1 aromatic heterocycles. The van der Waals surface area contributed by atoms with Crippen molar-refractivity contribution in [2.24, 2.45) is 5.92 Å². The highest BCUT2D eigenvalue weighted by Gasteiger charge is 2.27. The van der Waals surface area contributed by atoms with E-state index in [2.05, 4.69) is 15.6 Å². The average Bonchev–Trinajstić information content (AvgIpc) is 3.26. The van der Waals surface area contributed by atoms with E-state index in [1.165, 1.54) is 0 Å². The van der Waals surface area contributed by atoms with Crippen molar-refractivity contribution < 1.29 is 9.59 Å². The van der Waals surface area contributed by atoms with Gasteiger partial charge in [-0.2, -0.15) is 0 Å². The Labute approximate surface area is 165 Å². The standard InChI is InChI=1S/C22H28N4O2/c1-15-12-18(17-7-2-3-8-19(17)25-15)22(28)26-11-5-6-16(14-26)13-24-21(27)20-9-4-10-23-20/h2-3,7-8,12,16,20,23H,4-6,9-11,13-14H2,1H3,(H,24,27). The second-order valence-electron chi connectivity index (χ2n) is 7.98. The molecule has 2 aliphatic rings. The van der Waals surface area contributed by atoms with Crippen molar-refractivity contribution in [3.05, 3.63) is 41.6 Å². The summed E-state index contributed by atoms with van der Waals surface area (Å²) in [6.07, 6.45) is 3.98. The number of piperidine rings is 1. The number of para-hydroxylation sites is 1. The number of fused-ring (bicyclic) bond motifs is 1. The minimum Gasteiger partial charge on any atom is -0.354 e. The van der Waals surface area contributed by atoms with Crippen LogP contribution in [0, 0.1) is 12.8 Å². The molecule has 2 unspecified atom stereocenters. The molecule has 2 aromatic rings. The van der Waals surface area contributed by atoms with Crippen molar-refractivity contribution >= 4 is 22.7 Å². The van der Waals surface area contributed by atoms with Crippen molar-refractivity contribution in [1.29, 1.82) is 0 Å². The number of hydrogen-bond donors (Lipinski definition) is 2. The van der Waals surface area contributed by atoms with Gasteiger partial charge < -0.3 is 15.5 Å². The van der Waals surface area contributed by atoms with Gasteiger partial charge in [0, 0.05) is 30.7 Å². The highest BCUT2D eigenvalue weighted by molar-refractivity contribution is 6.06. The van der Waals surface area contributed by atoms with E-state index in [9.17, 15) is 9.59 Å². The maximum absolute atomic E-state index is 13.3. The number of rotatable bonds is 4. The predicted molar refractivity (Wildman–Crippen MR) is 109 cm³/mol. The summed E-state index contributed by atoms with van der Waals surface area (Å²) in [4.78, 5) is 32.0. The van der Waals surface area contributed by atoms with Crippen molar-refractivity contribution in [2.45, 2.75) is 38.6 Å². The van der Waals surface area contributed by atoms with Crippen molar-refractivity contribution in [1.82, 2.24) is 20.5 Å². The van der Waals surface area contributed by atoms with Gasteiger partial charge in [-0.25, -0.2) is 0 Å². The zero-order valence-corrected chi connectivity index (χ0v) is 16.4. The molecule has 2 amide bonds. The average molecular weight is 380 g/mol. The Morgan fingerprint density at radius 3 is 2.93 bits per heavy atom. The van der Waals surface area contributed by atoms with Crippen molar-refractivity contribution in [2.75, 3.05) is 26.2 Å². The number of carbonyl (C=O) groups is 2. The summed E-state index contributed by atoms with van der Waals surface area (Å²) in [6.45, 7) is 4.94. The molecule has 2 atom stereocenters. The number of nitrogens with zero attached hydrogens (tertiary/aromatic N) is 2. The molecule has 1 aromatic carbocycles. The fraction of sp³-hybridized carbons (Fsp3) is 0.500. The predicted octanol–water partition coefficient (Wildman–Crippen LogP) is 2.26. The van der Waals surface area contributed by atoms with Gasteiger partial charge in [-0.15, -0.1) is 0 Å². The van der Waals surface area contributed by atoms with E-state index in [-0.39, 0.29) is 17.9 Å². The Bertz CT molecular complexity index is 876. The van der Waals surface area contributed by atoms with Gasteiger partial charge in [0.25, 0.3) is 5.91 Å². The van der Waals surface area contributed by atoms with Crippen LogP contribution in [0.25, 0.3) is 10.9 Å². The first-order valence-electron chi connectivity index (χ1n) is 10.3. The molecular weight excluding hydrogens is 352 g/mol. The summed E-state index contributed by atoms with van der Waals surface area (Å²) in [5, 5.41) is 7.22. The number of likely N-dealkylation sites (tertiary alicyclic amines) is 1. The molecule has 0 aliphatic carbocycles. The van der Waals surface area contributed by atoms with Gasteiger partial charge in [0.1, 0.15) is 0 Å². The van der Waals surface area contributed by atoms with Gasteiger partial charge >= 0.3 is 0 Å². The quantitative estimate of drug-likeness (QED) is 0.853. The fourth-order valence-corrected chi connectivity index (χ4v) is 4.35. The number of aryl methyl sites for hydroxylation is 1. The number of carbonyl (C=O) groups excluding carboxylic acids is 2. The first-order valence-corrected chi connectivity index (χ1v) is 10.3. The monoisotopic (exact) mass is 380 g/mol. The van der Waals surface area contributed by atoms with Crippen LogP contribution >= 0.6 is 0 Å². The van der Waals surface area contributed by atoms with E-state index < -0.39 is 0 Å². The molecule has 4 rings (SSSR count). The second kappa shape index (κ2) is 8.27. The molecular formula is C22H28N4O2. The van der Waals surface area contributed by atoms with E-state index in [0.29, 0.717) is 19.0 Å². The Balaban J connectivity index is 1.43. The van der Waals surface area contributed by atoms with Gasteiger partial charge in [-0.05, 0) is 57.2 Å². The highest BCUT2D eigenvalue weighted by atomic mass is 16.2.